The van der Waals surface area contributed by atoms with Gasteiger partial charge in [-0.2, -0.15) is 5.10 Å². The van der Waals surface area contributed by atoms with E-state index in [1.54, 1.807) is 23.7 Å². The Bertz CT molecular complexity index is 751. The van der Waals surface area contributed by atoms with E-state index in [-0.39, 0.29) is 17.3 Å². The lowest BCUT2D eigenvalue weighted by Crippen LogP contribution is -2.14. The molecule has 2 aromatic rings. The highest BCUT2D eigenvalue weighted by Crippen LogP contribution is 2.24. The van der Waals surface area contributed by atoms with Crippen molar-refractivity contribution in [3.8, 4) is 5.75 Å². The normalized spacial score (nSPS) is 11.6. The van der Waals surface area contributed by atoms with Crippen LogP contribution in [-0.4, -0.2) is 18.2 Å². The molecule has 1 aromatic carbocycles. The lowest BCUT2D eigenvalue weighted by Gasteiger charge is -2.11. The maximum atomic E-state index is 11.6. The first kappa shape index (κ1) is 15.5. The van der Waals surface area contributed by atoms with Crippen LogP contribution in [-0.2, 0) is 30.1 Å². The van der Waals surface area contributed by atoms with E-state index in [0.29, 0.717) is 0 Å². The van der Waals surface area contributed by atoms with Gasteiger partial charge in [0.1, 0.15) is 17.3 Å². The van der Waals surface area contributed by atoms with Gasteiger partial charge in [0.2, 0.25) is 10.0 Å². The highest BCUT2D eigenvalue weighted by Gasteiger charge is 2.16. The zero-order chi connectivity index (χ0) is 15.6. The van der Waals surface area contributed by atoms with Gasteiger partial charge in [-0.15, -0.1) is 0 Å². The molecule has 0 aliphatic carbocycles. The minimum atomic E-state index is -3.82. The van der Waals surface area contributed by atoms with Crippen LogP contribution >= 0.6 is 0 Å². The van der Waals surface area contributed by atoms with Gasteiger partial charge in [0.25, 0.3) is 0 Å². The Morgan fingerprint density at radius 3 is 2.62 bits per heavy atom. The molecule has 114 valence electrons. The average molecular weight is 309 g/mol. The summed E-state index contributed by atoms with van der Waals surface area (Å²) in [5, 5.41) is 9.55. The van der Waals surface area contributed by atoms with Gasteiger partial charge < -0.3 is 4.74 Å². The number of nitrogens with two attached hydrogens (primary N) is 1. The van der Waals surface area contributed by atoms with Crippen molar-refractivity contribution in [1.82, 2.24) is 9.78 Å². The van der Waals surface area contributed by atoms with Crippen LogP contribution in [0.4, 0.5) is 0 Å². The second kappa shape index (κ2) is 5.87. The molecular weight excluding hydrogens is 290 g/mol. The third-order valence-corrected chi connectivity index (χ3v) is 4.10. The van der Waals surface area contributed by atoms with Crippen LogP contribution in [0.2, 0.25) is 0 Å². The number of benzene rings is 1. The number of rotatable bonds is 5. The fourth-order valence-electron chi connectivity index (χ4n) is 1.99. The van der Waals surface area contributed by atoms with Crippen LogP contribution in [0.15, 0.2) is 29.2 Å². The Kier molecular flexibility index (Phi) is 4.34. The molecule has 2 N–H and O–H groups in total. The number of hydrogen-bond acceptors (Lipinski definition) is 4. The minimum Gasteiger partial charge on any atom is -0.486 e. The Morgan fingerprint density at radius 2 is 2.05 bits per heavy atom. The summed E-state index contributed by atoms with van der Waals surface area (Å²) >= 11 is 0. The first-order valence-corrected chi connectivity index (χ1v) is 8.14. The standard InChI is InChI=1S/C14H19N3O3S/c1-4-11-8-12(17(3)16-11)9-20-13-6-5-10(2)7-14(13)21(15,18)19/h5-8H,4,9H2,1-3H3,(H2,15,18,19). The molecule has 0 radical (unpaired) electrons. The molecular formula is C14H19N3O3S. The fourth-order valence-corrected chi connectivity index (χ4v) is 2.75. The summed E-state index contributed by atoms with van der Waals surface area (Å²) in [5.74, 6) is 0.252. The Hall–Kier alpha value is -1.86. The molecule has 0 atom stereocenters. The van der Waals surface area contributed by atoms with Crippen LogP contribution in [0, 0.1) is 6.92 Å². The van der Waals surface area contributed by atoms with Gasteiger partial charge in [-0.05, 0) is 37.1 Å². The van der Waals surface area contributed by atoms with Crippen molar-refractivity contribution in [1.29, 1.82) is 0 Å². The van der Waals surface area contributed by atoms with Crippen molar-refractivity contribution in [2.45, 2.75) is 31.8 Å². The third-order valence-electron chi connectivity index (χ3n) is 3.17. The van der Waals surface area contributed by atoms with E-state index >= 15 is 0 Å². The Morgan fingerprint density at radius 1 is 1.33 bits per heavy atom. The molecule has 0 amide bonds. The second-order valence-corrected chi connectivity index (χ2v) is 6.42. The van der Waals surface area contributed by atoms with E-state index in [1.165, 1.54) is 6.07 Å². The monoisotopic (exact) mass is 309 g/mol. The van der Waals surface area contributed by atoms with Gasteiger partial charge in [0.05, 0.1) is 11.4 Å². The number of nitrogens with zero attached hydrogens (tertiary/aromatic N) is 2. The Labute approximate surface area is 124 Å². The summed E-state index contributed by atoms with van der Waals surface area (Å²) in [4.78, 5) is 0.000355. The van der Waals surface area contributed by atoms with Crippen molar-refractivity contribution in [3.63, 3.8) is 0 Å². The topological polar surface area (TPSA) is 87.2 Å². The predicted octanol–water partition coefficient (Wildman–Crippen LogP) is 1.52. The van der Waals surface area contributed by atoms with Gasteiger partial charge in [0.15, 0.2) is 0 Å². The number of aryl methyl sites for hydroxylation is 3. The molecule has 0 saturated carbocycles. The first-order valence-electron chi connectivity index (χ1n) is 6.59. The molecule has 0 saturated heterocycles. The number of hydrogen-bond donors (Lipinski definition) is 1. The van der Waals surface area contributed by atoms with E-state index in [2.05, 4.69) is 5.10 Å². The van der Waals surface area contributed by atoms with Gasteiger partial charge in [-0.3, -0.25) is 4.68 Å². The van der Waals surface area contributed by atoms with Crippen LogP contribution in [0.25, 0.3) is 0 Å². The van der Waals surface area contributed by atoms with Gasteiger partial charge in [-0.25, -0.2) is 13.6 Å². The van der Waals surface area contributed by atoms with Crippen molar-refractivity contribution in [3.05, 3.63) is 41.2 Å². The van der Waals surface area contributed by atoms with Crippen molar-refractivity contribution < 1.29 is 13.2 Å². The van der Waals surface area contributed by atoms with E-state index in [4.69, 9.17) is 9.88 Å². The van der Waals surface area contributed by atoms with Crippen molar-refractivity contribution in [2.24, 2.45) is 12.2 Å². The molecule has 1 aromatic heterocycles. The molecule has 6 nitrogen and oxygen atoms in total. The summed E-state index contributed by atoms with van der Waals surface area (Å²) in [6.45, 7) is 4.05. The molecule has 0 fully saturated rings. The molecule has 0 spiro atoms. The third kappa shape index (κ3) is 3.62. The molecule has 1 heterocycles. The maximum absolute atomic E-state index is 11.6. The predicted molar refractivity (Wildman–Crippen MR) is 79.5 cm³/mol. The number of primary sulfonamides is 1. The molecule has 0 bridgehead atoms. The highest BCUT2D eigenvalue weighted by molar-refractivity contribution is 7.89. The first-order chi connectivity index (χ1) is 9.81. The number of sulfonamides is 1. The molecule has 0 aliphatic rings. The van der Waals surface area contributed by atoms with E-state index < -0.39 is 10.0 Å². The van der Waals surface area contributed by atoms with Crippen LogP contribution in [0.1, 0.15) is 23.9 Å². The molecule has 7 heteroatoms. The van der Waals surface area contributed by atoms with Crippen LogP contribution < -0.4 is 9.88 Å². The van der Waals surface area contributed by atoms with E-state index in [0.717, 1.165) is 23.4 Å². The minimum absolute atomic E-state index is 0.000355. The summed E-state index contributed by atoms with van der Waals surface area (Å²) in [7, 11) is -1.99. The molecule has 0 aliphatic heterocycles. The largest absolute Gasteiger partial charge is 0.486 e. The van der Waals surface area contributed by atoms with Crippen LogP contribution in [0.5, 0.6) is 5.75 Å². The highest BCUT2D eigenvalue weighted by atomic mass is 32.2. The maximum Gasteiger partial charge on any atom is 0.241 e. The molecule has 21 heavy (non-hydrogen) atoms. The Balaban J connectivity index is 2.26. The fraction of sp³-hybridized carbons (Fsp3) is 0.357. The van der Waals surface area contributed by atoms with E-state index in [9.17, 15) is 8.42 Å². The number of aromatic nitrogens is 2. The molecule has 0 unspecified atom stereocenters. The van der Waals surface area contributed by atoms with E-state index in [1.807, 2.05) is 20.0 Å². The summed E-state index contributed by atoms with van der Waals surface area (Å²) < 4.78 is 30.6. The lowest BCUT2D eigenvalue weighted by atomic mass is 10.2. The van der Waals surface area contributed by atoms with Gasteiger partial charge >= 0.3 is 0 Å². The quantitative estimate of drug-likeness (QED) is 0.907. The van der Waals surface area contributed by atoms with Gasteiger partial charge in [0, 0.05) is 7.05 Å². The smallest absolute Gasteiger partial charge is 0.241 e. The van der Waals surface area contributed by atoms with Gasteiger partial charge in [-0.1, -0.05) is 13.0 Å². The zero-order valence-corrected chi connectivity index (χ0v) is 13.1. The zero-order valence-electron chi connectivity index (χ0n) is 12.3. The number of ether oxygens (including phenoxy) is 1. The summed E-state index contributed by atoms with van der Waals surface area (Å²) in [6, 6.07) is 6.84. The van der Waals surface area contributed by atoms with Crippen molar-refractivity contribution in [2.75, 3.05) is 0 Å². The lowest BCUT2D eigenvalue weighted by molar-refractivity contribution is 0.287. The second-order valence-electron chi connectivity index (χ2n) is 4.89. The van der Waals surface area contributed by atoms with Crippen LogP contribution in [0.3, 0.4) is 0 Å². The SMILES string of the molecule is CCc1cc(COc2ccc(C)cc2S(N)(=O)=O)n(C)n1. The van der Waals surface area contributed by atoms with Crippen molar-refractivity contribution >= 4 is 10.0 Å². The average Bonchev–Trinajstić information content (AvgIpc) is 2.77. The molecule has 2 rings (SSSR count). The summed E-state index contributed by atoms with van der Waals surface area (Å²) in [6.07, 6.45) is 0.834. The summed E-state index contributed by atoms with van der Waals surface area (Å²) in [5.41, 5.74) is 2.64.